The summed E-state index contributed by atoms with van der Waals surface area (Å²) in [5.41, 5.74) is 6.31. The van der Waals surface area contributed by atoms with E-state index in [1.807, 2.05) is 38.1 Å². The second kappa shape index (κ2) is 7.39. The van der Waals surface area contributed by atoms with E-state index in [2.05, 4.69) is 5.32 Å². The van der Waals surface area contributed by atoms with Crippen LogP contribution in [0.5, 0.6) is 5.75 Å². The summed E-state index contributed by atoms with van der Waals surface area (Å²) in [4.78, 5) is 11.3. The number of ether oxygens (including phenoxy) is 1. The van der Waals surface area contributed by atoms with E-state index in [4.69, 9.17) is 15.7 Å². The molecule has 1 amide bonds. The maximum Gasteiger partial charge on any atom is 0.234 e. The molecule has 1 aromatic rings. The van der Waals surface area contributed by atoms with Gasteiger partial charge in [0.25, 0.3) is 0 Å². The molecule has 5 heteroatoms. The van der Waals surface area contributed by atoms with Gasteiger partial charge in [-0.05, 0) is 23.6 Å². The highest BCUT2D eigenvalue weighted by atomic mass is 16.5. The molecule has 1 atom stereocenters. The van der Waals surface area contributed by atoms with E-state index >= 15 is 0 Å². The number of carbonyl (C=O) groups is 1. The number of rotatable bonds is 7. The molecule has 5 nitrogen and oxygen atoms in total. The molecule has 0 fully saturated rings. The van der Waals surface area contributed by atoms with E-state index in [0.29, 0.717) is 12.3 Å². The Hall–Kier alpha value is -2.06. The molecular weight excluding hydrogens is 242 g/mol. The fourth-order valence-electron chi connectivity index (χ4n) is 1.75. The first kappa shape index (κ1) is 15.0. The van der Waals surface area contributed by atoms with Gasteiger partial charge in [0, 0.05) is 6.54 Å². The summed E-state index contributed by atoms with van der Waals surface area (Å²) >= 11 is 0. The lowest BCUT2D eigenvalue weighted by molar-refractivity contribution is -0.121. The van der Waals surface area contributed by atoms with Crippen LogP contribution >= 0.6 is 0 Å². The van der Waals surface area contributed by atoms with Gasteiger partial charge in [0.1, 0.15) is 11.8 Å². The first-order valence-corrected chi connectivity index (χ1v) is 6.16. The topological polar surface area (TPSA) is 88.1 Å². The Morgan fingerprint density at radius 1 is 1.53 bits per heavy atom. The number of hydrogen-bond donors (Lipinski definition) is 2. The van der Waals surface area contributed by atoms with Gasteiger partial charge in [0.2, 0.25) is 5.91 Å². The number of amides is 1. The number of carbonyl (C=O) groups excluding carboxylic acids is 1. The van der Waals surface area contributed by atoms with Crippen molar-refractivity contribution in [3.05, 3.63) is 29.8 Å². The second-order valence-corrected chi connectivity index (χ2v) is 4.60. The van der Waals surface area contributed by atoms with Crippen molar-refractivity contribution < 1.29 is 9.53 Å². The van der Waals surface area contributed by atoms with E-state index < -0.39 is 0 Å². The molecule has 1 unspecified atom stereocenters. The molecule has 102 valence electrons. The van der Waals surface area contributed by atoms with Crippen LogP contribution in [0.4, 0.5) is 0 Å². The Bertz CT molecular complexity index is 466. The highest BCUT2D eigenvalue weighted by Crippen LogP contribution is 2.13. The lowest BCUT2D eigenvalue weighted by Gasteiger charge is -2.19. The van der Waals surface area contributed by atoms with E-state index in [1.165, 1.54) is 0 Å². The summed E-state index contributed by atoms with van der Waals surface area (Å²) in [6, 6.07) is 8.95. The summed E-state index contributed by atoms with van der Waals surface area (Å²) in [5.74, 6) is 0.420. The largest absolute Gasteiger partial charge is 0.479 e. The van der Waals surface area contributed by atoms with Crippen molar-refractivity contribution in [2.75, 3.05) is 6.61 Å². The van der Waals surface area contributed by atoms with Crippen molar-refractivity contribution in [3.63, 3.8) is 0 Å². The van der Waals surface area contributed by atoms with Gasteiger partial charge in [-0.1, -0.05) is 26.0 Å². The zero-order valence-corrected chi connectivity index (χ0v) is 11.2. The molecule has 0 heterocycles. The summed E-state index contributed by atoms with van der Waals surface area (Å²) in [5, 5.41) is 11.6. The van der Waals surface area contributed by atoms with E-state index in [-0.39, 0.29) is 24.5 Å². The minimum absolute atomic E-state index is 0.0206. The van der Waals surface area contributed by atoms with Crippen LogP contribution in [0.1, 0.15) is 19.4 Å². The average molecular weight is 261 g/mol. The van der Waals surface area contributed by atoms with Crippen molar-refractivity contribution in [2.45, 2.75) is 26.4 Å². The van der Waals surface area contributed by atoms with Crippen LogP contribution < -0.4 is 15.8 Å². The van der Waals surface area contributed by atoms with Crippen LogP contribution in [0.2, 0.25) is 0 Å². The van der Waals surface area contributed by atoms with Crippen LogP contribution in [-0.4, -0.2) is 18.6 Å². The van der Waals surface area contributed by atoms with Gasteiger partial charge in [0.05, 0.1) is 6.04 Å². The molecular formula is C14H19N3O2. The third-order valence-corrected chi connectivity index (χ3v) is 2.70. The van der Waals surface area contributed by atoms with Gasteiger partial charge in [-0.15, -0.1) is 0 Å². The highest BCUT2D eigenvalue weighted by Gasteiger charge is 2.18. The predicted molar refractivity (Wildman–Crippen MR) is 72.2 cm³/mol. The molecule has 19 heavy (non-hydrogen) atoms. The van der Waals surface area contributed by atoms with Crippen molar-refractivity contribution >= 4 is 5.91 Å². The number of nitrogens with one attached hydrogen (secondary N) is 1. The van der Waals surface area contributed by atoms with Gasteiger partial charge >= 0.3 is 0 Å². The van der Waals surface area contributed by atoms with Gasteiger partial charge in [-0.2, -0.15) is 5.26 Å². The highest BCUT2D eigenvalue weighted by molar-refractivity contribution is 5.80. The molecule has 1 aromatic carbocycles. The molecule has 0 radical (unpaired) electrons. The average Bonchev–Trinajstić information content (AvgIpc) is 2.36. The number of benzene rings is 1. The normalized spacial score (nSPS) is 11.9. The third-order valence-electron chi connectivity index (χ3n) is 2.70. The molecule has 0 bridgehead atoms. The number of nitrogens with zero attached hydrogens (tertiary/aromatic N) is 1. The van der Waals surface area contributed by atoms with Crippen molar-refractivity contribution in [1.82, 2.24) is 5.32 Å². The predicted octanol–water partition coefficient (Wildman–Crippen LogP) is 1.19. The summed E-state index contributed by atoms with van der Waals surface area (Å²) in [7, 11) is 0. The van der Waals surface area contributed by atoms with Crippen LogP contribution in [-0.2, 0) is 11.3 Å². The number of nitriles is 1. The number of nitrogens with two attached hydrogens (primary N) is 1. The maximum atomic E-state index is 11.3. The quantitative estimate of drug-likeness (QED) is 0.771. The first-order valence-electron chi connectivity index (χ1n) is 6.16. The lowest BCUT2D eigenvalue weighted by Crippen LogP contribution is -2.44. The molecule has 0 aliphatic heterocycles. The van der Waals surface area contributed by atoms with E-state index in [9.17, 15) is 4.79 Å². The lowest BCUT2D eigenvalue weighted by atomic mass is 10.0. The smallest absolute Gasteiger partial charge is 0.234 e. The first-order chi connectivity index (χ1) is 9.04. The van der Waals surface area contributed by atoms with Gasteiger partial charge in [-0.25, -0.2) is 0 Å². The Kier molecular flexibility index (Phi) is 5.83. The van der Waals surface area contributed by atoms with Crippen molar-refractivity contribution in [3.8, 4) is 11.8 Å². The number of hydrogen-bond acceptors (Lipinski definition) is 4. The fourth-order valence-corrected chi connectivity index (χ4v) is 1.75. The van der Waals surface area contributed by atoms with Gasteiger partial charge in [0.15, 0.2) is 6.61 Å². The minimum Gasteiger partial charge on any atom is -0.479 e. The second-order valence-electron chi connectivity index (χ2n) is 4.60. The minimum atomic E-state index is -0.358. The Labute approximate surface area is 113 Å². The molecule has 0 aliphatic rings. The van der Waals surface area contributed by atoms with E-state index in [1.54, 1.807) is 6.07 Å². The van der Waals surface area contributed by atoms with Crippen molar-refractivity contribution in [1.29, 1.82) is 5.26 Å². The molecule has 0 aromatic heterocycles. The Morgan fingerprint density at radius 2 is 2.26 bits per heavy atom. The van der Waals surface area contributed by atoms with Crippen LogP contribution in [0.3, 0.4) is 0 Å². The van der Waals surface area contributed by atoms with E-state index in [0.717, 1.165) is 5.56 Å². The Balaban J connectivity index is 2.62. The zero-order chi connectivity index (χ0) is 14.3. The fraction of sp³-hybridized carbons (Fsp3) is 0.429. The van der Waals surface area contributed by atoms with Gasteiger partial charge in [-0.3, -0.25) is 4.79 Å². The SMILES string of the molecule is CC(C)C(NCc1cccc(OCC#N)c1)C(N)=O. The maximum absolute atomic E-state index is 11.3. The summed E-state index contributed by atoms with van der Waals surface area (Å²) in [6.45, 7) is 4.42. The zero-order valence-electron chi connectivity index (χ0n) is 11.2. The molecule has 0 aliphatic carbocycles. The Morgan fingerprint density at radius 3 is 2.84 bits per heavy atom. The molecule has 0 saturated carbocycles. The van der Waals surface area contributed by atoms with Crippen LogP contribution in [0.25, 0.3) is 0 Å². The van der Waals surface area contributed by atoms with Gasteiger partial charge < -0.3 is 15.8 Å². The third kappa shape index (κ3) is 4.98. The molecule has 1 rings (SSSR count). The number of primary amides is 1. The van der Waals surface area contributed by atoms with Crippen LogP contribution in [0.15, 0.2) is 24.3 Å². The van der Waals surface area contributed by atoms with Crippen LogP contribution in [0, 0.1) is 17.2 Å². The van der Waals surface area contributed by atoms with Crippen molar-refractivity contribution in [2.24, 2.45) is 11.7 Å². The molecule has 0 spiro atoms. The molecule has 3 N–H and O–H groups in total. The standard InChI is InChI=1S/C14H19N3O2/c1-10(2)13(14(16)18)17-9-11-4-3-5-12(8-11)19-7-6-15/h3-5,8,10,13,17H,7,9H2,1-2H3,(H2,16,18). The summed E-state index contributed by atoms with van der Waals surface area (Å²) in [6.07, 6.45) is 0. The molecule has 0 saturated heterocycles. The monoisotopic (exact) mass is 261 g/mol. The summed E-state index contributed by atoms with van der Waals surface area (Å²) < 4.78 is 5.22.